The van der Waals surface area contributed by atoms with Gasteiger partial charge in [0, 0.05) is 12.2 Å². The highest BCUT2D eigenvalue weighted by molar-refractivity contribution is 5.92. The Balaban J connectivity index is 1.94. The third-order valence-corrected chi connectivity index (χ3v) is 3.81. The molecule has 5 heteroatoms. The lowest BCUT2D eigenvalue weighted by atomic mass is 10.1. The largest absolute Gasteiger partial charge is 0.354 e. The third-order valence-electron chi connectivity index (χ3n) is 3.81. The molecule has 1 aromatic heterocycles. The molecular weight excluding hydrogens is 300 g/mol. The zero-order valence-corrected chi connectivity index (χ0v) is 14.9. The topological polar surface area (TPSA) is 57.3 Å². The smallest absolute Gasteiger partial charge is 0.269 e. The Kier molecular flexibility index (Phi) is 6.32. The Bertz CT molecular complexity index is 660. The second-order valence-corrected chi connectivity index (χ2v) is 6.24. The lowest BCUT2D eigenvalue weighted by molar-refractivity contribution is 0.0947. The number of rotatable bonds is 7. The number of amides is 1. The molecule has 0 saturated carbocycles. The van der Waals surface area contributed by atoms with Crippen LogP contribution in [-0.2, 0) is 0 Å². The maximum Gasteiger partial charge on any atom is 0.269 e. The van der Waals surface area contributed by atoms with Gasteiger partial charge in [0.1, 0.15) is 5.69 Å². The molecule has 0 unspecified atom stereocenters. The van der Waals surface area contributed by atoms with Crippen molar-refractivity contribution in [1.82, 2.24) is 15.2 Å². The number of aryl methyl sites for hydroxylation is 2. The molecule has 5 nitrogen and oxygen atoms in total. The molecule has 1 aromatic carbocycles. The van der Waals surface area contributed by atoms with Gasteiger partial charge >= 0.3 is 0 Å². The summed E-state index contributed by atoms with van der Waals surface area (Å²) < 4.78 is 0. The van der Waals surface area contributed by atoms with Gasteiger partial charge in [0.25, 0.3) is 5.91 Å². The highest BCUT2D eigenvalue weighted by Gasteiger charge is 2.07. The van der Waals surface area contributed by atoms with E-state index < -0.39 is 0 Å². The third kappa shape index (κ3) is 5.06. The van der Waals surface area contributed by atoms with Crippen molar-refractivity contribution in [3.8, 4) is 0 Å². The molecule has 24 heavy (non-hydrogen) atoms. The highest BCUT2D eigenvalue weighted by atomic mass is 16.1. The van der Waals surface area contributed by atoms with E-state index in [1.54, 1.807) is 12.3 Å². The van der Waals surface area contributed by atoms with Gasteiger partial charge in [-0.05, 0) is 64.2 Å². The molecule has 0 spiro atoms. The fourth-order valence-corrected chi connectivity index (χ4v) is 2.45. The van der Waals surface area contributed by atoms with Crippen molar-refractivity contribution in [3.05, 3.63) is 53.3 Å². The Morgan fingerprint density at radius 2 is 1.83 bits per heavy atom. The molecule has 1 heterocycles. The van der Waals surface area contributed by atoms with Gasteiger partial charge in [-0.2, -0.15) is 0 Å². The summed E-state index contributed by atoms with van der Waals surface area (Å²) >= 11 is 0. The molecule has 0 radical (unpaired) electrons. The number of benzene rings is 1. The summed E-state index contributed by atoms with van der Waals surface area (Å²) in [7, 11) is 4.04. The maximum absolute atomic E-state index is 12.1. The zero-order valence-electron chi connectivity index (χ0n) is 14.9. The van der Waals surface area contributed by atoms with Gasteiger partial charge in [-0.25, -0.2) is 4.98 Å². The van der Waals surface area contributed by atoms with Crippen LogP contribution < -0.4 is 10.6 Å². The van der Waals surface area contributed by atoms with Crippen molar-refractivity contribution in [2.75, 3.05) is 32.5 Å². The second kappa shape index (κ2) is 8.45. The quantitative estimate of drug-likeness (QED) is 0.768. The molecule has 2 N–H and O–H groups in total. The minimum absolute atomic E-state index is 0.132. The highest BCUT2D eigenvalue weighted by Crippen LogP contribution is 2.23. The van der Waals surface area contributed by atoms with Crippen LogP contribution in [0.2, 0.25) is 0 Å². The average Bonchev–Trinajstić information content (AvgIpc) is 2.55. The molecule has 1 amide bonds. The van der Waals surface area contributed by atoms with E-state index in [9.17, 15) is 4.79 Å². The number of carbonyl (C=O) groups is 1. The van der Waals surface area contributed by atoms with Crippen LogP contribution in [0.3, 0.4) is 0 Å². The van der Waals surface area contributed by atoms with Crippen LogP contribution in [-0.4, -0.2) is 43.0 Å². The number of aromatic nitrogens is 1. The Morgan fingerprint density at radius 3 is 2.42 bits per heavy atom. The summed E-state index contributed by atoms with van der Waals surface area (Å²) in [5.41, 5.74) is 4.75. The SMILES string of the molecule is Cc1cccc(C)c1Nc1ccc(C(=O)NCCCN(C)C)nc1. The fourth-order valence-electron chi connectivity index (χ4n) is 2.45. The van der Waals surface area contributed by atoms with Crippen LogP contribution in [0.4, 0.5) is 11.4 Å². The van der Waals surface area contributed by atoms with Gasteiger partial charge in [0.05, 0.1) is 11.9 Å². The number of hydrogen-bond acceptors (Lipinski definition) is 4. The average molecular weight is 326 g/mol. The van der Waals surface area contributed by atoms with E-state index in [2.05, 4.69) is 46.5 Å². The summed E-state index contributed by atoms with van der Waals surface area (Å²) in [5, 5.41) is 6.26. The van der Waals surface area contributed by atoms with Gasteiger partial charge in [-0.15, -0.1) is 0 Å². The van der Waals surface area contributed by atoms with Crippen LogP contribution in [0.5, 0.6) is 0 Å². The molecule has 0 bridgehead atoms. The summed E-state index contributed by atoms with van der Waals surface area (Å²) in [6, 6.07) is 9.80. The van der Waals surface area contributed by atoms with Crippen molar-refractivity contribution >= 4 is 17.3 Å². The first-order chi connectivity index (χ1) is 11.5. The van der Waals surface area contributed by atoms with Crippen LogP contribution >= 0.6 is 0 Å². The molecule has 0 aliphatic heterocycles. The standard InChI is InChI=1S/C19H26N4O/c1-14-7-5-8-15(2)18(14)22-16-9-10-17(21-13-16)19(24)20-11-6-12-23(3)4/h5,7-10,13,22H,6,11-12H2,1-4H3,(H,20,24). The molecule has 0 saturated heterocycles. The van der Waals surface area contributed by atoms with Gasteiger partial charge in [0.15, 0.2) is 0 Å². The van der Waals surface area contributed by atoms with Crippen molar-refractivity contribution in [1.29, 1.82) is 0 Å². The molecule has 128 valence electrons. The number of nitrogens with zero attached hydrogens (tertiary/aromatic N) is 2. The maximum atomic E-state index is 12.1. The molecular formula is C19H26N4O. The van der Waals surface area contributed by atoms with E-state index in [1.807, 2.05) is 26.2 Å². The van der Waals surface area contributed by atoms with E-state index in [1.165, 1.54) is 11.1 Å². The van der Waals surface area contributed by atoms with E-state index in [0.29, 0.717) is 12.2 Å². The van der Waals surface area contributed by atoms with Crippen LogP contribution in [0.15, 0.2) is 36.5 Å². The summed E-state index contributed by atoms with van der Waals surface area (Å²) in [5.74, 6) is -0.132. The molecule has 2 aromatic rings. The first kappa shape index (κ1) is 17.9. The first-order valence-corrected chi connectivity index (χ1v) is 8.19. The Labute approximate surface area is 144 Å². The van der Waals surface area contributed by atoms with Crippen molar-refractivity contribution < 1.29 is 4.79 Å². The van der Waals surface area contributed by atoms with Gasteiger partial charge in [-0.3, -0.25) is 4.79 Å². The van der Waals surface area contributed by atoms with Crippen LogP contribution in [0.25, 0.3) is 0 Å². The lowest BCUT2D eigenvalue weighted by Crippen LogP contribution is -2.27. The lowest BCUT2D eigenvalue weighted by Gasteiger charge is -2.13. The molecule has 0 atom stereocenters. The first-order valence-electron chi connectivity index (χ1n) is 8.19. The summed E-state index contributed by atoms with van der Waals surface area (Å²) in [6.07, 6.45) is 2.62. The predicted molar refractivity (Wildman–Crippen MR) is 98.9 cm³/mol. The van der Waals surface area contributed by atoms with Crippen molar-refractivity contribution in [3.63, 3.8) is 0 Å². The monoisotopic (exact) mass is 326 g/mol. The zero-order chi connectivity index (χ0) is 17.5. The van der Waals surface area contributed by atoms with Crippen molar-refractivity contribution in [2.24, 2.45) is 0 Å². The molecule has 0 aliphatic carbocycles. The number of hydrogen-bond donors (Lipinski definition) is 2. The predicted octanol–water partition coefficient (Wildman–Crippen LogP) is 3.12. The minimum Gasteiger partial charge on any atom is -0.354 e. The molecule has 0 aliphatic rings. The van der Waals surface area contributed by atoms with Gasteiger partial charge < -0.3 is 15.5 Å². The van der Waals surface area contributed by atoms with Crippen molar-refractivity contribution in [2.45, 2.75) is 20.3 Å². The van der Waals surface area contributed by atoms with E-state index >= 15 is 0 Å². The normalized spacial score (nSPS) is 10.7. The fraction of sp³-hybridized carbons (Fsp3) is 0.368. The Hall–Kier alpha value is -2.40. The van der Waals surface area contributed by atoms with Gasteiger partial charge in [0.2, 0.25) is 0 Å². The number of carbonyl (C=O) groups excluding carboxylic acids is 1. The van der Waals surface area contributed by atoms with E-state index in [-0.39, 0.29) is 5.91 Å². The van der Waals surface area contributed by atoms with E-state index in [4.69, 9.17) is 0 Å². The number of para-hydroxylation sites is 1. The second-order valence-electron chi connectivity index (χ2n) is 6.24. The van der Waals surface area contributed by atoms with Crippen LogP contribution in [0, 0.1) is 13.8 Å². The number of pyridine rings is 1. The number of nitrogens with one attached hydrogen (secondary N) is 2. The Morgan fingerprint density at radius 1 is 1.12 bits per heavy atom. The van der Waals surface area contributed by atoms with E-state index in [0.717, 1.165) is 24.3 Å². The number of anilines is 2. The molecule has 0 fully saturated rings. The summed E-state index contributed by atoms with van der Waals surface area (Å²) in [6.45, 7) is 5.74. The summed E-state index contributed by atoms with van der Waals surface area (Å²) in [4.78, 5) is 18.4. The van der Waals surface area contributed by atoms with Crippen LogP contribution in [0.1, 0.15) is 28.0 Å². The molecule has 2 rings (SSSR count). The van der Waals surface area contributed by atoms with Gasteiger partial charge in [-0.1, -0.05) is 18.2 Å². The minimum atomic E-state index is -0.132.